The summed E-state index contributed by atoms with van der Waals surface area (Å²) < 4.78 is 31.4. The average Bonchev–Trinajstić information content (AvgIpc) is 2.97. The van der Waals surface area contributed by atoms with E-state index in [1.165, 1.54) is 6.07 Å². The van der Waals surface area contributed by atoms with Crippen LogP contribution in [0.4, 0.5) is 13.6 Å². The molecule has 8 heteroatoms. The van der Waals surface area contributed by atoms with Crippen LogP contribution in [-0.2, 0) is 11.2 Å². The van der Waals surface area contributed by atoms with Crippen molar-refractivity contribution in [3.05, 3.63) is 52.8 Å². The third-order valence-electron chi connectivity index (χ3n) is 3.26. The van der Waals surface area contributed by atoms with Gasteiger partial charge in [-0.1, -0.05) is 29.8 Å². The zero-order valence-electron chi connectivity index (χ0n) is 14.2. The SMILES string of the molecule is CC(C)(C)OC(=O)N[C@@H](Cc1ccccc1Cl)c1ccn(C(F)F)n1. The standard InChI is InChI=1S/C17H20ClF2N3O2/c1-17(2,3)25-16(24)21-14(10-11-6-4-5-7-12(11)18)13-8-9-23(22-13)15(19)20/h4-9,14-15H,10H2,1-3H3,(H,21,24)/t14-/m0/s1. The molecule has 0 bridgehead atoms. The Morgan fingerprint density at radius 3 is 2.56 bits per heavy atom. The predicted molar refractivity (Wildman–Crippen MR) is 90.7 cm³/mol. The summed E-state index contributed by atoms with van der Waals surface area (Å²) in [5.41, 5.74) is 0.379. The van der Waals surface area contributed by atoms with Gasteiger partial charge in [0, 0.05) is 17.6 Å². The lowest BCUT2D eigenvalue weighted by atomic mass is 10.0. The van der Waals surface area contributed by atoms with E-state index in [0.717, 1.165) is 11.8 Å². The van der Waals surface area contributed by atoms with Gasteiger partial charge >= 0.3 is 12.6 Å². The van der Waals surface area contributed by atoms with Gasteiger partial charge in [-0.05, 0) is 38.5 Å². The highest BCUT2D eigenvalue weighted by Crippen LogP contribution is 2.24. The molecule has 0 aliphatic rings. The fourth-order valence-electron chi connectivity index (χ4n) is 2.21. The maximum atomic E-state index is 12.8. The van der Waals surface area contributed by atoms with Crippen LogP contribution in [0.3, 0.4) is 0 Å². The molecule has 1 amide bonds. The second kappa shape index (κ2) is 7.82. The Morgan fingerprint density at radius 2 is 2.00 bits per heavy atom. The van der Waals surface area contributed by atoms with Gasteiger partial charge in [0.2, 0.25) is 0 Å². The van der Waals surface area contributed by atoms with Gasteiger partial charge in [-0.3, -0.25) is 0 Å². The van der Waals surface area contributed by atoms with E-state index in [0.29, 0.717) is 21.8 Å². The van der Waals surface area contributed by atoms with Crippen LogP contribution in [-0.4, -0.2) is 21.5 Å². The molecular weight excluding hydrogens is 352 g/mol. The third-order valence-corrected chi connectivity index (χ3v) is 3.63. The number of alkyl carbamates (subject to hydrolysis) is 1. The molecule has 2 aromatic rings. The van der Waals surface area contributed by atoms with E-state index in [1.54, 1.807) is 39.0 Å². The van der Waals surface area contributed by atoms with Gasteiger partial charge in [0.05, 0.1) is 11.7 Å². The van der Waals surface area contributed by atoms with E-state index in [9.17, 15) is 13.6 Å². The monoisotopic (exact) mass is 371 g/mol. The number of rotatable bonds is 5. The Balaban J connectivity index is 2.24. The Morgan fingerprint density at radius 1 is 1.32 bits per heavy atom. The molecule has 25 heavy (non-hydrogen) atoms. The topological polar surface area (TPSA) is 56.1 Å². The molecule has 5 nitrogen and oxygen atoms in total. The van der Waals surface area contributed by atoms with Crippen LogP contribution in [0.5, 0.6) is 0 Å². The van der Waals surface area contributed by atoms with Crippen molar-refractivity contribution < 1.29 is 18.3 Å². The van der Waals surface area contributed by atoms with Crippen molar-refractivity contribution in [2.75, 3.05) is 0 Å². The first kappa shape index (κ1) is 19.2. The number of nitrogens with one attached hydrogen (secondary N) is 1. The van der Waals surface area contributed by atoms with E-state index in [-0.39, 0.29) is 0 Å². The minimum Gasteiger partial charge on any atom is -0.444 e. The lowest BCUT2D eigenvalue weighted by Crippen LogP contribution is -2.36. The summed E-state index contributed by atoms with van der Waals surface area (Å²) in [4.78, 5) is 12.1. The Kier molecular flexibility index (Phi) is 6.00. The van der Waals surface area contributed by atoms with Crippen LogP contribution < -0.4 is 5.32 Å². The molecule has 136 valence electrons. The highest BCUT2D eigenvalue weighted by molar-refractivity contribution is 6.31. The van der Waals surface area contributed by atoms with Gasteiger partial charge in [0.25, 0.3) is 0 Å². The molecule has 1 N–H and O–H groups in total. The number of amides is 1. The molecule has 0 radical (unpaired) electrons. The van der Waals surface area contributed by atoms with Crippen LogP contribution in [0, 0.1) is 0 Å². The van der Waals surface area contributed by atoms with Crippen LogP contribution in [0.25, 0.3) is 0 Å². The number of halogens is 3. The largest absolute Gasteiger partial charge is 0.444 e. The molecule has 1 aromatic heterocycles. The quantitative estimate of drug-likeness (QED) is 0.825. The lowest BCUT2D eigenvalue weighted by molar-refractivity contribution is 0.0497. The van der Waals surface area contributed by atoms with Crippen LogP contribution in [0.1, 0.15) is 44.6 Å². The van der Waals surface area contributed by atoms with Crippen molar-refractivity contribution in [1.82, 2.24) is 15.1 Å². The lowest BCUT2D eigenvalue weighted by Gasteiger charge is -2.23. The maximum absolute atomic E-state index is 12.8. The number of hydrogen-bond donors (Lipinski definition) is 1. The first-order chi connectivity index (χ1) is 11.7. The summed E-state index contributed by atoms with van der Waals surface area (Å²) in [6, 6.07) is 7.90. The number of ether oxygens (including phenoxy) is 1. The molecule has 0 fully saturated rings. The van der Waals surface area contributed by atoms with Crippen molar-refractivity contribution in [1.29, 1.82) is 0 Å². The summed E-state index contributed by atoms with van der Waals surface area (Å²) in [6.07, 6.45) is 0.798. The minimum absolute atomic E-state index is 0.291. The number of alkyl halides is 2. The van der Waals surface area contributed by atoms with Gasteiger partial charge in [0.1, 0.15) is 5.60 Å². The molecule has 1 aromatic carbocycles. The minimum atomic E-state index is -2.75. The van der Waals surface area contributed by atoms with E-state index in [1.807, 2.05) is 6.07 Å². The van der Waals surface area contributed by atoms with E-state index in [4.69, 9.17) is 16.3 Å². The molecule has 2 rings (SSSR count). The van der Waals surface area contributed by atoms with Crippen LogP contribution >= 0.6 is 11.6 Å². The van der Waals surface area contributed by atoms with Crippen molar-refractivity contribution >= 4 is 17.7 Å². The highest BCUT2D eigenvalue weighted by Gasteiger charge is 2.23. The van der Waals surface area contributed by atoms with E-state index in [2.05, 4.69) is 10.4 Å². The van der Waals surface area contributed by atoms with Crippen LogP contribution in [0.15, 0.2) is 36.5 Å². The van der Waals surface area contributed by atoms with Gasteiger partial charge in [-0.25, -0.2) is 9.48 Å². The number of nitrogens with zero attached hydrogens (tertiary/aromatic N) is 2. The average molecular weight is 372 g/mol. The molecule has 0 aliphatic heterocycles. The van der Waals surface area contributed by atoms with Gasteiger partial charge in [-0.15, -0.1) is 0 Å². The number of carbonyl (C=O) groups is 1. The summed E-state index contributed by atoms with van der Waals surface area (Å²) in [7, 11) is 0. The Labute approximate surface area is 149 Å². The second-order valence-electron chi connectivity index (χ2n) is 6.49. The Hall–Kier alpha value is -2.15. The maximum Gasteiger partial charge on any atom is 0.408 e. The summed E-state index contributed by atoms with van der Waals surface area (Å²) in [5.74, 6) is 0. The fourth-order valence-corrected chi connectivity index (χ4v) is 2.42. The van der Waals surface area contributed by atoms with Crippen molar-refractivity contribution in [2.45, 2.75) is 45.4 Å². The number of aromatic nitrogens is 2. The summed E-state index contributed by atoms with van der Waals surface area (Å²) >= 11 is 6.16. The number of carbonyl (C=O) groups excluding carboxylic acids is 1. The molecule has 0 unspecified atom stereocenters. The number of benzene rings is 1. The Bertz CT molecular complexity index is 729. The fraction of sp³-hybridized carbons (Fsp3) is 0.412. The zero-order valence-corrected chi connectivity index (χ0v) is 14.9. The zero-order chi connectivity index (χ0) is 18.6. The third kappa shape index (κ3) is 5.70. The van der Waals surface area contributed by atoms with Crippen molar-refractivity contribution in [3.8, 4) is 0 Å². The van der Waals surface area contributed by atoms with E-state index >= 15 is 0 Å². The first-order valence-corrected chi connectivity index (χ1v) is 8.09. The van der Waals surface area contributed by atoms with Gasteiger partial charge < -0.3 is 10.1 Å². The summed E-state index contributed by atoms with van der Waals surface area (Å²) in [6.45, 7) is 2.46. The predicted octanol–water partition coefficient (Wildman–Crippen LogP) is 4.74. The highest BCUT2D eigenvalue weighted by atomic mass is 35.5. The molecule has 1 atom stereocenters. The van der Waals surface area contributed by atoms with Gasteiger partial charge in [-0.2, -0.15) is 13.9 Å². The van der Waals surface area contributed by atoms with Crippen molar-refractivity contribution in [2.24, 2.45) is 0 Å². The molecular formula is C17H20ClF2N3O2. The smallest absolute Gasteiger partial charge is 0.408 e. The molecule has 0 aliphatic carbocycles. The molecule has 0 saturated heterocycles. The van der Waals surface area contributed by atoms with Crippen LogP contribution in [0.2, 0.25) is 5.02 Å². The number of hydrogen-bond acceptors (Lipinski definition) is 3. The summed E-state index contributed by atoms with van der Waals surface area (Å²) in [5, 5.41) is 7.04. The molecule has 1 heterocycles. The van der Waals surface area contributed by atoms with Crippen molar-refractivity contribution in [3.63, 3.8) is 0 Å². The normalized spacial score (nSPS) is 12.9. The second-order valence-corrected chi connectivity index (χ2v) is 6.90. The molecule has 0 spiro atoms. The van der Waals surface area contributed by atoms with E-state index < -0.39 is 24.3 Å². The first-order valence-electron chi connectivity index (χ1n) is 7.72. The molecule has 0 saturated carbocycles. The van der Waals surface area contributed by atoms with Gasteiger partial charge in [0.15, 0.2) is 0 Å².